The first-order valence-electron chi connectivity index (χ1n) is 6.72. The second-order valence-electron chi connectivity index (χ2n) is 5.46. The minimum Gasteiger partial charge on any atom is -0.490 e. The van der Waals surface area contributed by atoms with Crippen molar-refractivity contribution in [1.82, 2.24) is 0 Å². The lowest BCUT2D eigenvalue weighted by Gasteiger charge is -2.18. The average molecular weight is 267 g/mol. The van der Waals surface area contributed by atoms with E-state index >= 15 is 0 Å². The molecule has 3 heteroatoms. The molecule has 0 saturated carbocycles. The van der Waals surface area contributed by atoms with Gasteiger partial charge in [-0.2, -0.15) is 0 Å². The summed E-state index contributed by atoms with van der Waals surface area (Å²) in [5.41, 5.74) is 2.43. The summed E-state index contributed by atoms with van der Waals surface area (Å²) in [6.45, 7) is 4.21. The lowest BCUT2D eigenvalue weighted by molar-refractivity contribution is 0.0533. The van der Waals surface area contributed by atoms with Gasteiger partial charge in [0, 0.05) is 6.42 Å². The Hall–Kier alpha value is -0.730. The van der Waals surface area contributed by atoms with E-state index in [0.29, 0.717) is 6.10 Å². The van der Waals surface area contributed by atoms with Crippen molar-refractivity contribution >= 4 is 11.6 Å². The van der Waals surface area contributed by atoms with Gasteiger partial charge in [0.2, 0.25) is 0 Å². The highest BCUT2D eigenvalue weighted by Crippen LogP contribution is 2.38. The first-order chi connectivity index (χ1) is 8.63. The molecular formula is C15H19ClO2. The van der Waals surface area contributed by atoms with Gasteiger partial charge in [0.15, 0.2) is 0 Å². The Morgan fingerprint density at radius 1 is 1.22 bits per heavy atom. The van der Waals surface area contributed by atoms with Gasteiger partial charge in [0.25, 0.3) is 0 Å². The van der Waals surface area contributed by atoms with Crippen LogP contribution in [0.5, 0.6) is 5.75 Å². The zero-order valence-corrected chi connectivity index (χ0v) is 11.6. The van der Waals surface area contributed by atoms with E-state index in [1.807, 2.05) is 6.07 Å². The molecule has 0 N–H and O–H groups in total. The molecule has 1 aromatic rings. The molecule has 0 aromatic heterocycles. The fourth-order valence-corrected chi connectivity index (χ4v) is 3.20. The monoisotopic (exact) mass is 266 g/mol. The van der Waals surface area contributed by atoms with Crippen LogP contribution in [0.25, 0.3) is 0 Å². The summed E-state index contributed by atoms with van der Waals surface area (Å²) in [5, 5.41) is -0.0452. The van der Waals surface area contributed by atoms with Crippen molar-refractivity contribution in [1.29, 1.82) is 0 Å². The third-order valence-electron chi connectivity index (χ3n) is 3.83. The molecule has 2 heterocycles. The number of rotatable bonds is 2. The predicted octanol–water partition coefficient (Wildman–Crippen LogP) is 3.86. The number of hydrogen-bond donors (Lipinski definition) is 0. The minimum absolute atomic E-state index is 0.0452. The second kappa shape index (κ2) is 4.75. The molecule has 3 rings (SSSR count). The van der Waals surface area contributed by atoms with E-state index < -0.39 is 0 Å². The van der Waals surface area contributed by atoms with Crippen molar-refractivity contribution in [2.24, 2.45) is 0 Å². The molecule has 1 aromatic carbocycles. The van der Waals surface area contributed by atoms with Gasteiger partial charge < -0.3 is 9.47 Å². The van der Waals surface area contributed by atoms with Crippen LogP contribution in [0.3, 0.4) is 0 Å². The molecule has 2 aliphatic rings. The number of fused-ring (bicyclic) bond motifs is 1. The highest BCUT2D eigenvalue weighted by molar-refractivity contribution is 6.21. The van der Waals surface area contributed by atoms with Crippen LogP contribution < -0.4 is 4.74 Å². The zero-order chi connectivity index (χ0) is 12.7. The molecule has 18 heavy (non-hydrogen) atoms. The molecule has 98 valence electrons. The molecule has 4 atom stereocenters. The van der Waals surface area contributed by atoms with E-state index in [0.717, 1.165) is 30.6 Å². The van der Waals surface area contributed by atoms with Crippen molar-refractivity contribution in [2.45, 2.75) is 56.8 Å². The molecule has 0 spiro atoms. The molecule has 4 unspecified atom stereocenters. The standard InChI is InChI=1S/C15H19ClO2/c1-9-3-5-14(17-9)15(16)11-4-6-13-12(8-11)7-10(2)18-13/h4,6,8-10,14-15H,3,5,7H2,1-2H3. The van der Waals surface area contributed by atoms with Gasteiger partial charge in [-0.15, -0.1) is 11.6 Å². The molecule has 2 nitrogen and oxygen atoms in total. The van der Waals surface area contributed by atoms with Gasteiger partial charge >= 0.3 is 0 Å². The Morgan fingerprint density at radius 3 is 2.78 bits per heavy atom. The third-order valence-corrected chi connectivity index (χ3v) is 4.36. The largest absolute Gasteiger partial charge is 0.490 e. The van der Waals surface area contributed by atoms with E-state index in [4.69, 9.17) is 21.1 Å². The Bertz CT molecular complexity index is 446. The Balaban J connectivity index is 1.79. The number of hydrogen-bond acceptors (Lipinski definition) is 2. The summed E-state index contributed by atoms with van der Waals surface area (Å²) in [6.07, 6.45) is 3.92. The molecular weight excluding hydrogens is 248 g/mol. The average Bonchev–Trinajstić information content (AvgIpc) is 2.92. The van der Waals surface area contributed by atoms with Crippen molar-refractivity contribution in [2.75, 3.05) is 0 Å². The lowest BCUT2D eigenvalue weighted by Crippen LogP contribution is -2.14. The van der Waals surface area contributed by atoms with Crippen LogP contribution in [-0.2, 0) is 11.2 Å². The summed E-state index contributed by atoms with van der Waals surface area (Å²) in [4.78, 5) is 0. The van der Waals surface area contributed by atoms with E-state index in [1.165, 1.54) is 5.56 Å². The minimum atomic E-state index is -0.0452. The van der Waals surface area contributed by atoms with Crippen LogP contribution in [0.2, 0.25) is 0 Å². The number of alkyl halides is 1. The first kappa shape index (κ1) is 12.3. The van der Waals surface area contributed by atoms with Gasteiger partial charge in [-0.3, -0.25) is 0 Å². The van der Waals surface area contributed by atoms with Crippen LogP contribution in [0.15, 0.2) is 18.2 Å². The maximum Gasteiger partial charge on any atom is 0.123 e. The Morgan fingerprint density at radius 2 is 2.06 bits per heavy atom. The first-order valence-corrected chi connectivity index (χ1v) is 7.16. The molecule has 1 fully saturated rings. The predicted molar refractivity (Wildman–Crippen MR) is 72.4 cm³/mol. The van der Waals surface area contributed by atoms with Gasteiger partial charge in [0.05, 0.1) is 17.6 Å². The molecule has 0 bridgehead atoms. The van der Waals surface area contributed by atoms with Crippen molar-refractivity contribution in [3.05, 3.63) is 29.3 Å². The van der Waals surface area contributed by atoms with Gasteiger partial charge in [-0.1, -0.05) is 12.1 Å². The topological polar surface area (TPSA) is 18.5 Å². The van der Waals surface area contributed by atoms with Gasteiger partial charge in [0.1, 0.15) is 11.9 Å². The van der Waals surface area contributed by atoms with Gasteiger partial charge in [-0.25, -0.2) is 0 Å². The molecule has 0 aliphatic carbocycles. The summed E-state index contributed by atoms with van der Waals surface area (Å²) in [5.74, 6) is 1.01. The maximum atomic E-state index is 6.55. The number of halogens is 1. The van der Waals surface area contributed by atoms with Crippen LogP contribution in [-0.4, -0.2) is 18.3 Å². The Labute approximate surface area is 113 Å². The normalized spacial score (nSPS) is 32.1. The number of benzene rings is 1. The zero-order valence-electron chi connectivity index (χ0n) is 10.9. The van der Waals surface area contributed by atoms with Gasteiger partial charge in [-0.05, 0) is 43.9 Å². The van der Waals surface area contributed by atoms with Crippen molar-refractivity contribution < 1.29 is 9.47 Å². The molecule has 0 amide bonds. The molecule has 2 aliphatic heterocycles. The summed E-state index contributed by atoms with van der Waals surface area (Å²) >= 11 is 6.55. The third kappa shape index (κ3) is 2.24. The summed E-state index contributed by atoms with van der Waals surface area (Å²) < 4.78 is 11.6. The maximum absolute atomic E-state index is 6.55. The quantitative estimate of drug-likeness (QED) is 0.757. The van der Waals surface area contributed by atoms with E-state index in [1.54, 1.807) is 0 Å². The van der Waals surface area contributed by atoms with Crippen molar-refractivity contribution in [3.63, 3.8) is 0 Å². The van der Waals surface area contributed by atoms with Crippen LogP contribution in [0.4, 0.5) is 0 Å². The summed E-state index contributed by atoms with van der Waals surface area (Å²) in [6, 6.07) is 6.30. The molecule has 0 radical (unpaired) electrons. The summed E-state index contributed by atoms with van der Waals surface area (Å²) in [7, 11) is 0. The lowest BCUT2D eigenvalue weighted by atomic mass is 10.0. The van der Waals surface area contributed by atoms with Crippen LogP contribution in [0, 0.1) is 0 Å². The number of ether oxygens (including phenoxy) is 2. The highest BCUT2D eigenvalue weighted by Gasteiger charge is 2.30. The highest BCUT2D eigenvalue weighted by atomic mass is 35.5. The van der Waals surface area contributed by atoms with Crippen molar-refractivity contribution in [3.8, 4) is 5.75 Å². The van der Waals surface area contributed by atoms with Crippen LogP contribution >= 0.6 is 11.6 Å². The van der Waals surface area contributed by atoms with E-state index in [9.17, 15) is 0 Å². The SMILES string of the molecule is CC1Cc2cc(C(Cl)C3CCC(C)O3)ccc2O1. The second-order valence-corrected chi connectivity index (χ2v) is 5.93. The fourth-order valence-electron chi connectivity index (χ4n) is 2.88. The fraction of sp³-hybridized carbons (Fsp3) is 0.600. The van der Waals surface area contributed by atoms with E-state index in [2.05, 4.69) is 26.0 Å². The van der Waals surface area contributed by atoms with E-state index in [-0.39, 0.29) is 17.6 Å². The van der Waals surface area contributed by atoms with Crippen LogP contribution in [0.1, 0.15) is 43.2 Å². The molecule has 1 saturated heterocycles. The Kier molecular flexibility index (Phi) is 3.25. The smallest absolute Gasteiger partial charge is 0.123 e.